The van der Waals surface area contributed by atoms with Gasteiger partial charge in [-0.15, -0.1) is 0 Å². The number of carbonyl (C=O) groups is 3. The van der Waals surface area contributed by atoms with Crippen LogP contribution in [-0.4, -0.2) is 42.9 Å². The van der Waals surface area contributed by atoms with E-state index in [2.05, 4.69) is 4.74 Å². The second-order valence-electron chi connectivity index (χ2n) is 6.08. The largest absolute Gasteiger partial charge is 0.493 e. The van der Waals surface area contributed by atoms with Gasteiger partial charge in [-0.2, -0.15) is 8.78 Å². The molecule has 0 bridgehead atoms. The summed E-state index contributed by atoms with van der Waals surface area (Å²) in [6.45, 7) is -3.23. The van der Waals surface area contributed by atoms with Crippen LogP contribution < -0.4 is 9.47 Å². The van der Waals surface area contributed by atoms with Gasteiger partial charge in [0.25, 0.3) is 11.8 Å². The number of amides is 2. The van der Waals surface area contributed by atoms with Crippen LogP contribution in [0.1, 0.15) is 32.7 Å². The average molecular weight is 405 g/mol. The van der Waals surface area contributed by atoms with Crippen molar-refractivity contribution in [1.82, 2.24) is 4.90 Å². The summed E-state index contributed by atoms with van der Waals surface area (Å²) < 4.78 is 39.1. The Kier molecular flexibility index (Phi) is 6.06. The standard InChI is InChI=1S/C20H17F2NO6/c1-27-16-10-12(6-7-15(16)29-20(21)22)11-28-17(24)8-9-23-18(25)13-4-2-3-5-14(13)19(23)26/h2-7,10,20H,8-9,11H2,1H3. The molecule has 0 aromatic heterocycles. The normalized spacial score (nSPS) is 12.9. The van der Waals surface area contributed by atoms with E-state index < -0.39 is 24.4 Å². The van der Waals surface area contributed by atoms with Gasteiger partial charge in [-0.3, -0.25) is 19.3 Å². The second-order valence-corrected chi connectivity index (χ2v) is 6.08. The zero-order chi connectivity index (χ0) is 21.0. The molecule has 29 heavy (non-hydrogen) atoms. The van der Waals surface area contributed by atoms with Crippen LogP contribution in [0.4, 0.5) is 8.78 Å². The fraction of sp³-hybridized carbons (Fsp3) is 0.250. The summed E-state index contributed by atoms with van der Waals surface area (Å²) in [5.41, 5.74) is 1.12. The topological polar surface area (TPSA) is 82.1 Å². The number of benzene rings is 2. The van der Waals surface area contributed by atoms with Gasteiger partial charge in [0.15, 0.2) is 11.5 Å². The van der Waals surface area contributed by atoms with Gasteiger partial charge in [-0.25, -0.2) is 0 Å². The van der Waals surface area contributed by atoms with Crippen LogP contribution in [-0.2, 0) is 16.1 Å². The van der Waals surface area contributed by atoms with Crippen molar-refractivity contribution in [3.63, 3.8) is 0 Å². The Balaban J connectivity index is 1.53. The highest BCUT2D eigenvalue weighted by atomic mass is 19.3. The van der Waals surface area contributed by atoms with Crippen molar-refractivity contribution >= 4 is 17.8 Å². The van der Waals surface area contributed by atoms with Gasteiger partial charge >= 0.3 is 12.6 Å². The first-order valence-corrected chi connectivity index (χ1v) is 8.63. The molecule has 3 rings (SSSR count). The molecule has 0 saturated carbocycles. The number of hydrogen-bond donors (Lipinski definition) is 0. The molecule has 0 aliphatic carbocycles. The third-order valence-electron chi connectivity index (χ3n) is 4.26. The van der Waals surface area contributed by atoms with Gasteiger partial charge in [0, 0.05) is 6.54 Å². The highest BCUT2D eigenvalue weighted by Crippen LogP contribution is 2.29. The number of carbonyl (C=O) groups excluding carboxylic acids is 3. The first kappa shape index (κ1) is 20.2. The number of halogens is 2. The van der Waals surface area contributed by atoms with E-state index in [0.29, 0.717) is 16.7 Å². The number of hydrogen-bond acceptors (Lipinski definition) is 6. The third-order valence-corrected chi connectivity index (χ3v) is 4.26. The number of rotatable bonds is 8. The first-order valence-electron chi connectivity index (χ1n) is 8.63. The van der Waals surface area contributed by atoms with Crippen molar-refractivity contribution in [2.75, 3.05) is 13.7 Å². The summed E-state index contributed by atoms with van der Waals surface area (Å²) in [5, 5.41) is 0. The van der Waals surface area contributed by atoms with Gasteiger partial charge in [0.2, 0.25) is 0 Å². The molecule has 0 N–H and O–H groups in total. The number of esters is 1. The quantitative estimate of drug-likeness (QED) is 0.496. The number of methoxy groups -OCH3 is 1. The maximum Gasteiger partial charge on any atom is 0.387 e. The Hall–Kier alpha value is -3.49. The van der Waals surface area contributed by atoms with Crippen LogP contribution in [0.2, 0.25) is 0 Å². The van der Waals surface area contributed by atoms with Crippen LogP contribution in [0.5, 0.6) is 11.5 Å². The molecule has 0 radical (unpaired) electrons. The molecule has 2 aromatic rings. The summed E-state index contributed by atoms with van der Waals surface area (Å²) >= 11 is 0. The summed E-state index contributed by atoms with van der Waals surface area (Å²) in [4.78, 5) is 37.5. The van der Waals surface area contributed by atoms with Gasteiger partial charge in [-0.05, 0) is 29.8 Å². The maximum atomic E-state index is 12.3. The Bertz CT molecular complexity index is 911. The lowest BCUT2D eigenvalue weighted by atomic mass is 10.1. The van der Waals surface area contributed by atoms with E-state index in [4.69, 9.17) is 9.47 Å². The van der Waals surface area contributed by atoms with Crippen molar-refractivity contribution in [1.29, 1.82) is 0 Å². The summed E-state index contributed by atoms with van der Waals surface area (Å²) in [5.74, 6) is -1.57. The van der Waals surface area contributed by atoms with E-state index in [-0.39, 0.29) is 31.1 Å². The van der Waals surface area contributed by atoms with Crippen LogP contribution in [0, 0.1) is 0 Å². The second kappa shape index (κ2) is 8.68. The minimum atomic E-state index is -2.99. The van der Waals surface area contributed by atoms with E-state index in [1.165, 1.54) is 25.3 Å². The summed E-state index contributed by atoms with van der Waals surface area (Å²) in [6, 6.07) is 10.6. The number of ether oxygens (including phenoxy) is 3. The Morgan fingerprint density at radius 1 is 1.03 bits per heavy atom. The summed E-state index contributed by atoms with van der Waals surface area (Å²) in [7, 11) is 1.30. The molecule has 1 heterocycles. The molecule has 0 spiro atoms. The molecule has 1 aliphatic heterocycles. The van der Waals surface area contributed by atoms with Gasteiger partial charge < -0.3 is 14.2 Å². The molecule has 1 aliphatic rings. The van der Waals surface area contributed by atoms with E-state index in [0.717, 1.165) is 4.90 Å². The highest BCUT2D eigenvalue weighted by Gasteiger charge is 2.35. The number of imide groups is 1. The molecule has 0 fully saturated rings. The fourth-order valence-corrected chi connectivity index (χ4v) is 2.88. The van der Waals surface area contributed by atoms with E-state index in [1.54, 1.807) is 24.3 Å². The van der Waals surface area contributed by atoms with Crippen molar-refractivity contribution in [2.45, 2.75) is 19.6 Å². The molecular weight excluding hydrogens is 388 g/mol. The van der Waals surface area contributed by atoms with Gasteiger partial charge in [0.1, 0.15) is 6.61 Å². The van der Waals surface area contributed by atoms with Crippen LogP contribution in [0.15, 0.2) is 42.5 Å². The predicted molar refractivity (Wildman–Crippen MR) is 95.8 cm³/mol. The van der Waals surface area contributed by atoms with Crippen LogP contribution in [0.25, 0.3) is 0 Å². The lowest BCUT2D eigenvalue weighted by Crippen LogP contribution is -2.32. The lowest BCUT2D eigenvalue weighted by Gasteiger charge is -2.14. The van der Waals surface area contributed by atoms with Crippen molar-refractivity contribution in [3.8, 4) is 11.5 Å². The molecule has 2 aromatic carbocycles. The van der Waals surface area contributed by atoms with Crippen molar-refractivity contribution in [2.24, 2.45) is 0 Å². The van der Waals surface area contributed by atoms with Crippen LogP contribution in [0.3, 0.4) is 0 Å². The molecule has 0 unspecified atom stereocenters. The Morgan fingerprint density at radius 2 is 1.69 bits per heavy atom. The van der Waals surface area contributed by atoms with Crippen LogP contribution >= 0.6 is 0 Å². The van der Waals surface area contributed by atoms with Gasteiger partial charge in [0.05, 0.1) is 24.7 Å². The Morgan fingerprint density at radius 3 is 2.28 bits per heavy atom. The molecule has 9 heteroatoms. The molecule has 7 nitrogen and oxygen atoms in total. The Labute approximate surface area is 164 Å². The SMILES string of the molecule is COc1cc(COC(=O)CCN2C(=O)c3ccccc3C2=O)ccc1OC(F)F. The maximum absolute atomic E-state index is 12.3. The predicted octanol–water partition coefficient (Wildman–Crippen LogP) is 3.03. The van der Waals surface area contributed by atoms with E-state index >= 15 is 0 Å². The molecule has 152 valence electrons. The molecule has 0 atom stereocenters. The van der Waals surface area contributed by atoms with Crippen molar-refractivity contribution < 1.29 is 37.4 Å². The monoisotopic (exact) mass is 405 g/mol. The third kappa shape index (κ3) is 4.50. The fourth-order valence-electron chi connectivity index (χ4n) is 2.88. The first-order chi connectivity index (χ1) is 13.9. The minimum absolute atomic E-state index is 0.0740. The summed E-state index contributed by atoms with van der Waals surface area (Å²) in [6.07, 6.45) is -0.171. The number of fused-ring (bicyclic) bond motifs is 1. The zero-order valence-electron chi connectivity index (χ0n) is 15.4. The van der Waals surface area contributed by atoms with E-state index in [1.807, 2.05) is 0 Å². The lowest BCUT2D eigenvalue weighted by molar-refractivity contribution is -0.145. The van der Waals surface area contributed by atoms with E-state index in [9.17, 15) is 23.2 Å². The molecular formula is C20H17F2NO6. The van der Waals surface area contributed by atoms with Crippen molar-refractivity contribution in [3.05, 3.63) is 59.2 Å². The minimum Gasteiger partial charge on any atom is -0.493 e. The van der Waals surface area contributed by atoms with Gasteiger partial charge in [-0.1, -0.05) is 18.2 Å². The average Bonchev–Trinajstić information content (AvgIpc) is 2.95. The zero-order valence-corrected chi connectivity index (χ0v) is 15.4. The smallest absolute Gasteiger partial charge is 0.387 e. The molecule has 2 amide bonds. The number of alkyl halides is 2. The highest BCUT2D eigenvalue weighted by molar-refractivity contribution is 6.21. The number of nitrogens with zero attached hydrogens (tertiary/aromatic N) is 1. The molecule has 0 saturated heterocycles.